The van der Waals surface area contributed by atoms with Gasteiger partial charge >= 0.3 is 29.0 Å². The van der Waals surface area contributed by atoms with Gasteiger partial charge < -0.3 is 42.2 Å². The van der Waals surface area contributed by atoms with Crippen LogP contribution in [-0.4, -0.2) is 100 Å². The molecule has 9 N–H and O–H groups in total. The molecule has 68 heavy (non-hydrogen) atoms. The third-order valence-electron chi connectivity index (χ3n) is 9.62. The number of aliphatic imine (C=N–C) groups is 1. The molecule has 10 radical (unpaired) electrons. The summed E-state index contributed by atoms with van der Waals surface area (Å²) in [5.41, 5.74) is 7.83. The number of carboxylic acid groups (broad SMARTS) is 1. The summed E-state index contributed by atoms with van der Waals surface area (Å²) in [5.74, 6) is -3.25. The van der Waals surface area contributed by atoms with Gasteiger partial charge in [0.05, 0.1) is 30.6 Å². The van der Waals surface area contributed by atoms with Crippen molar-refractivity contribution in [3.8, 4) is 5.75 Å². The van der Waals surface area contributed by atoms with Crippen LogP contribution in [-0.2, 0) is 52.3 Å². The molecular formula is C45H53FeN9O11S2+2. The van der Waals surface area contributed by atoms with E-state index in [1.807, 2.05) is 47.3 Å². The third kappa shape index (κ3) is 22.6. The fraction of sp³-hybridized carbons (Fsp3) is 0.333. The number of hydrazine groups is 1. The molecule has 1 saturated heterocycles. The molecule has 3 aliphatic rings. The predicted octanol–water partition coefficient (Wildman–Crippen LogP) is 2.19. The Bertz CT molecular complexity index is 1990. The number of guanidine groups is 1. The molecule has 0 spiro atoms. The molecule has 362 valence electrons. The standard InChI is InChI=1S/C32H35N8O10.C13H18NOS2.Fe/c33-32(39-40(48)49)34-16-6-11-24(30(45)46)38-29(44)25(37-27(42)19-35-26(41)18-36-28(43)21-7-4-5-8-21)17-20-12-14-23(15-13-20)50-31(47)22-9-2-1-3-10-22;15-13(14-11-5-1-2-6-11)8-4-3-7-12-9-10-16-17-12;/h1-5,7-10,12-15,24-25H,6,11,16-19H2,(H,35,41)(H,36,43)(H,37,42)(H,38,44)(H,45,46)(H3,33,34,39);1-2,5-6,12H,3-4,7-10H2,(H,14,15);/q;;+2/t24-,25-;;/m0../s1. The van der Waals surface area contributed by atoms with E-state index < -0.39 is 71.7 Å². The van der Waals surface area contributed by atoms with Crippen LogP contribution in [0.2, 0.25) is 0 Å². The van der Waals surface area contributed by atoms with E-state index in [0.717, 1.165) is 17.7 Å². The molecular weight excluding hydrogens is 963 g/mol. The van der Waals surface area contributed by atoms with Crippen molar-refractivity contribution in [1.82, 2.24) is 32.0 Å². The van der Waals surface area contributed by atoms with Gasteiger partial charge in [-0.1, -0.05) is 63.8 Å². The number of hydrogen-bond acceptors (Lipinski definition) is 13. The number of amides is 5. The van der Waals surface area contributed by atoms with Gasteiger partial charge in [-0.3, -0.25) is 24.0 Å². The molecule has 1 unspecified atom stereocenters. The minimum atomic E-state index is -1.42. The van der Waals surface area contributed by atoms with Gasteiger partial charge in [0, 0.05) is 30.4 Å². The van der Waals surface area contributed by atoms with Gasteiger partial charge in [-0.05, 0) is 113 Å². The van der Waals surface area contributed by atoms with Crippen molar-refractivity contribution in [3.63, 3.8) is 0 Å². The zero-order valence-corrected chi connectivity index (χ0v) is 39.4. The van der Waals surface area contributed by atoms with E-state index in [9.17, 15) is 48.8 Å². The summed E-state index contributed by atoms with van der Waals surface area (Å²) in [6, 6.07) is 12.5. The summed E-state index contributed by atoms with van der Waals surface area (Å²) in [5, 5.41) is 32.6. The minimum absolute atomic E-state index is 0. The first-order valence-electron chi connectivity index (χ1n) is 21.2. The van der Waals surface area contributed by atoms with E-state index in [2.05, 4.69) is 31.6 Å². The summed E-state index contributed by atoms with van der Waals surface area (Å²) >= 11 is 0. The molecule has 0 aromatic heterocycles. The topological polar surface area (TPSA) is 303 Å². The molecule has 1 aliphatic heterocycles. The van der Waals surface area contributed by atoms with Gasteiger partial charge in [-0.25, -0.2) is 24.7 Å². The van der Waals surface area contributed by atoms with Crippen molar-refractivity contribution in [2.45, 2.75) is 68.7 Å². The van der Waals surface area contributed by atoms with Gasteiger partial charge in [0.15, 0.2) is 5.03 Å². The average molecular weight is 1020 g/mol. The Morgan fingerprint density at radius 1 is 0.838 bits per heavy atom. The van der Waals surface area contributed by atoms with E-state index >= 15 is 0 Å². The fourth-order valence-corrected chi connectivity index (χ4v) is 9.24. The number of carbonyl (C=O) groups excluding carboxylic acids is 6. The fourth-order valence-electron chi connectivity index (χ4n) is 6.21. The number of nitrogens with two attached hydrogens (primary N) is 1. The van der Waals surface area contributed by atoms with Crippen LogP contribution >= 0.6 is 21.6 Å². The van der Waals surface area contributed by atoms with Gasteiger partial charge in [-0.15, -0.1) is 0 Å². The predicted molar refractivity (Wildman–Crippen MR) is 251 cm³/mol. The van der Waals surface area contributed by atoms with Crippen LogP contribution in [0.3, 0.4) is 0 Å². The molecule has 20 nitrogen and oxygen atoms in total. The van der Waals surface area contributed by atoms with Gasteiger partial charge in [0.2, 0.25) is 29.5 Å². The van der Waals surface area contributed by atoms with Crippen LogP contribution in [0.25, 0.3) is 0 Å². The summed E-state index contributed by atoms with van der Waals surface area (Å²) in [4.78, 5) is 100. The normalized spacial score (nSPS) is 16.6. The van der Waals surface area contributed by atoms with Crippen LogP contribution in [0.1, 0.15) is 60.9 Å². The molecule has 23 heteroatoms. The number of rotatable bonds is 24. The van der Waals surface area contributed by atoms with Crippen molar-refractivity contribution >= 4 is 69.0 Å². The van der Waals surface area contributed by atoms with Crippen LogP contribution in [0.15, 0.2) is 59.6 Å². The first kappa shape index (κ1) is 56.9. The maximum absolute atomic E-state index is 13.3. The number of nitrogens with one attached hydrogen (secondary N) is 6. The van der Waals surface area contributed by atoms with Crippen LogP contribution in [0.4, 0.5) is 0 Å². The quantitative estimate of drug-likeness (QED) is 0.00861. The van der Waals surface area contributed by atoms with Gasteiger partial charge in [0.25, 0.3) is 5.96 Å². The molecule has 2 aromatic carbocycles. The van der Waals surface area contributed by atoms with Crippen LogP contribution in [0, 0.1) is 73.4 Å². The summed E-state index contributed by atoms with van der Waals surface area (Å²) in [7, 11) is 4.01. The second-order valence-corrected chi connectivity index (χ2v) is 17.6. The molecule has 2 aliphatic carbocycles. The Labute approximate surface area is 414 Å². The number of esters is 1. The number of carbonyl (C=O) groups is 7. The van der Waals surface area contributed by atoms with E-state index in [0.29, 0.717) is 23.5 Å². The Kier molecular flexibility index (Phi) is 26.5. The maximum atomic E-state index is 13.3. The van der Waals surface area contributed by atoms with Crippen LogP contribution < -0.4 is 42.5 Å². The first-order chi connectivity index (χ1) is 32.2. The summed E-state index contributed by atoms with van der Waals surface area (Å²) in [6.07, 6.45) is 19.4. The molecule has 1 heterocycles. The SMILES string of the molecule is NC(=NCCC[C@H](NC(=O)[C@H](Cc1ccc(OC(=O)c2ccccc2)cc1)NC(=O)CNC(=O)CNC(=O)[C]1[CH][CH][CH][CH]1)C(=O)O)N[N+](=O)[O-].O=C(CCCCC1CCSS1)N[C]1[CH][CH][CH][CH]1.[Fe+2]. The maximum Gasteiger partial charge on any atom is 2.00 e. The van der Waals surface area contributed by atoms with Gasteiger partial charge in [-0.2, -0.15) is 0 Å². The zero-order chi connectivity index (χ0) is 48.4. The van der Waals surface area contributed by atoms with E-state index in [1.165, 1.54) is 37.1 Å². The smallest absolute Gasteiger partial charge is 0.480 e. The largest absolute Gasteiger partial charge is 2.00 e. The average Bonchev–Trinajstić information content (AvgIpc) is 4.14. The third-order valence-corrected chi connectivity index (χ3v) is 12.6. The van der Waals surface area contributed by atoms with Crippen molar-refractivity contribution in [3.05, 3.63) is 139 Å². The molecule has 3 fully saturated rings. The Balaban J connectivity index is 0.000000567. The molecule has 2 saturated carbocycles. The molecule has 3 atom stereocenters. The van der Waals surface area contributed by atoms with Crippen molar-refractivity contribution < 1.29 is 65.5 Å². The Hall–Kier alpha value is -5.38. The number of ether oxygens (including phenoxy) is 1. The number of nitro groups is 1. The monoisotopic (exact) mass is 1020 g/mol. The van der Waals surface area contributed by atoms with E-state index in [-0.39, 0.29) is 54.5 Å². The number of benzene rings is 2. The molecule has 5 amide bonds. The Morgan fingerprint density at radius 2 is 1.51 bits per heavy atom. The molecule has 0 bridgehead atoms. The minimum Gasteiger partial charge on any atom is -0.480 e. The molecule has 5 rings (SSSR count). The van der Waals surface area contributed by atoms with E-state index in [1.54, 1.807) is 73.6 Å². The number of unbranched alkanes of at least 4 members (excludes halogenated alkanes) is 1. The van der Waals surface area contributed by atoms with E-state index in [4.69, 9.17) is 10.5 Å². The van der Waals surface area contributed by atoms with Gasteiger partial charge in [0.1, 0.15) is 17.8 Å². The van der Waals surface area contributed by atoms with Crippen molar-refractivity contribution in [1.29, 1.82) is 0 Å². The second kappa shape index (κ2) is 31.6. The van der Waals surface area contributed by atoms with Crippen molar-refractivity contribution in [2.75, 3.05) is 25.4 Å². The summed E-state index contributed by atoms with van der Waals surface area (Å²) < 4.78 is 5.37. The number of nitrogens with zero attached hydrogens (tertiary/aromatic N) is 2. The molecule has 2 aromatic rings. The number of carboxylic acids is 1. The zero-order valence-electron chi connectivity index (χ0n) is 36.7. The summed E-state index contributed by atoms with van der Waals surface area (Å²) in [6.45, 7) is -1.07. The van der Waals surface area contributed by atoms with Crippen LogP contribution in [0.5, 0.6) is 5.75 Å². The van der Waals surface area contributed by atoms with Crippen molar-refractivity contribution in [2.24, 2.45) is 10.7 Å². The Morgan fingerprint density at radius 3 is 2.16 bits per heavy atom. The number of aliphatic carboxylic acids is 1. The second-order valence-electron chi connectivity index (χ2n) is 14.8. The first-order valence-corrected chi connectivity index (χ1v) is 23.6. The number of hydrogen-bond donors (Lipinski definition) is 8.